The van der Waals surface area contributed by atoms with Gasteiger partial charge in [-0.05, 0) is 38.9 Å². The Morgan fingerprint density at radius 2 is 2.08 bits per heavy atom. The largest absolute Gasteiger partial charge is 0.396 e. The van der Waals surface area contributed by atoms with Crippen LogP contribution in [0.15, 0.2) is 24.3 Å². The molecule has 0 bridgehead atoms. The molecular weight excluding hydrogens is 316 g/mol. The summed E-state index contributed by atoms with van der Waals surface area (Å²) in [6.45, 7) is 2.59. The van der Waals surface area contributed by atoms with E-state index in [-0.39, 0.29) is 24.0 Å². The monoisotopic (exact) mass is 342 g/mol. The summed E-state index contributed by atoms with van der Waals surface area (Å²) >= 11 is 0. The average molecular weight is 342 g/mol. The lowest BCUT2D eigenvalue weighted by atomic mass is 9.69. The van der Waals surface area contributed by atoms with Crippen LogP contribution in [0, 0.1) is 5.41 Å². The van der Waals surface area contributed by atoms with E-state index in [9.17, 15) is 9.90 Å². The number of rotatable bonds is 2. The smallest absolute Gasteiger partial charge is 0.275 e. The number of carbonyl (C=O) groups is 1. The molecule has 1 amide bonds. The first-order valence-corrected chi connectivity index (χ1v) is 9.08. The fraction of sp³-hybridized carbons (Fsp3) is 0.579. The molecule has 2 aromatic rings. The molecule has 1 aromatic carbocycles. The highest BCUT2D eigenvalue weighted by Crippen LogP contribution is 2.41. The van der Waals surface area contributed by atoms with Gasteiger partial charge in [0.2, 0.25) is 0 Å². The van der Waals surface area contributed by atoms with Crippen molar-refractivity contribution >= 4 is 16.8 Å². The Labute approximate surface area is 148 Å². The Hall–Kier alpha value is -1.92. The van der Waals surface area contributed by atoms with Gasteiger partial charge in [-0.2, -0.15) is 5.10 Å². The molecule has 2 aliphatic rings. The van der Waals surface area contributed by atoms with Crippen LogP contribution >= 0.6 is 0 Å². The molecule has 2 fully saturated rings. The van der Waals surface area contributed by atoms with Crippen LogP contribution in [0.25, 0.3) is 10.9 Å². The molecular formula is C19H26N4O2. The van der Waals surface area contributed by atoms with Crippen molar-refractivity contribution in [2.24, 2.45) is 12.5 Å². The third-order valence-corrected chi connectivity index (χ3v) is 6.26. The highest BCUT2D eigenvalue weighted by atomic mass is 16.3. The molecule has 1 N–H and O–H groups in total. The van der Waals surface area contributed by atoms with Crippen LogP contribution in [0.1, 0.15) is 29.8 Å². The number of likely N-dealkylation sites (tertiary alicyclic amines) is 2. The lowest BCUT2D eigenvalue weighted by Crippen LogP contribution is -2.62. The van der Waals surface area contributed by atoms with Gasteiger partial charge in [0.05, 0.1) is 12.1 Å². The predicted molar refractivity (Wildman–Crippen MR) is 96.4 cm³/mol. The maximum atomic E-state index is 13.2. The standard InChI is InChI=1S/C19H26N4O2/c1-21-10-5-8-19(13-24)9-11-23(12-16(19)21)18(25)17-14-6-3-4-7-15(14)22(2)20-17/h3-4,6-7,16,24H,5,8-13H2,1-2H3/t16-,19-/m1/s1. The van der Waals surface area contributed by atoms with Gasteiger partial charge in [-0.25, -0.2) is 0 Å². The number of aromatic nitrogens is 2. The third kappa shape index (κ3) is 2.55. The summed E-state index contributed by atoms with van der Waals surface area (Å²) < 4.78 is 1.78. The number of fused-ring (bicyclic) bond motifs is 2. The molecule has 3 heterocycles. The minimum absolute atomic E-state index is 0.00214. The number of para-hydroxylation sites is 1. The van der Waals surface area contributed by atoms with Gasteiger partial charge in [0.1, 0.15) is 0 Å². The summed E-state index contributed by atoms with van der Waals surface area (Å²) in [5, 5.41) is 15.4. The Morgan fingerprint density at radius 3 is 2.88 bits per heavy atom. The van der Waals surface area contributed by atoms with E-state index in [0.29, 0.717) is 18.8 Å². The van der Waals surface area contributed by atoms with Gasteiger partial charge in [0, 0.05) is 37.0 Å². The normalized spacial score (nSPS) is 27.5. The summed E-state index contributed by atoms with van der Waals surface area (Å²) in [5.41, 5.74) is 1.45. The molecule has 1 aromatic heterocycles. The number of likely N-dealkylation sites (N-methyl/N-ethyl adjacent to an activating group) is 1. The zero-order valence-corrected chi connectivity index (χ0v) is 15.0. The number of carbonyl (C=O) groups excluding carboxylic acids is 1. The molecule has 2 atom stereocenters. The predicted octanol–water partition coefficient (Wildman–Crippen LogP) is 1.49. The number of nitrogens with zero attached hydrogens (tertiary/aromatic N) is 4. The highest BCUT2D eigenvalue weighted by molar-refractivity contribution is 6.04. The summed E-state index contributed by atoms with van der Waals surface area (Å²) in [5.74, 6) is 0.00214. The SMILES string of the molecule is CN1CCC[C@]2(CO)CCN(C(=O)c3nn(C)c4ccccc34)C[C@@H]12. The molecule has 2 aliphatic heterocycles. The van der Waals surface area contributed by atoms with Crippen molar-refractivity contribution < 1.29 is 9.90 Å². The zero-order valence-electron chi connectivity index (χ0n) is 15.0. The number of aliphatic hydroxyl groups is 1. The summed E-state index contributed by atoms with van der Waals surface area (Å²) in [4.78, 5) is 17.4. The van der Waals surface area contributed by atoms with E-state index < -0.39 is 0 Å². The zero-order chi connectivity index (χ0) is 17.6. The first-order chi connectivity index (χ1) is 12.1. The Bertz CT molecular complexity index is 802. The van der Waals surface area contributed by atoms with Crippen LogP contribution in [0.2, 0.25) is 0 Å². The Kier molecular flexibility index (Phi) is 4.04. The van der Waals surface area contributed by atoms with E-state index in [1.54, 1.807) is 4.68 Å². The first kappa shape index (κ1) is 16.5. The van der Waals surface area contributed by atoms with Gasteiger partial charge in [0.15, 0.2) is 5.69 Å². The maximum Gasteiger partial charge on any atom is 0.275 e. The van der Waals surface area contributed by atoms with E-state index in [0.717, 1.165) is 36.7 Å². The van der Waals surface area contributed by atoms with Crippen LogP contribution in [-0.2, 0) is 7.05 Å². The number of aryl methyl sites for hydroxylation is 1. The Balaban J connectivity index is 1.63. The van der Waals surface area contributed by atoms with Crippen LogP contribution in [0.3, 0.4) is 0 Å². The molecule has 25 heavy (non-hydrogen) atoms. The number of hydrogen-bond donors (Lipinski definition) is 1. The van der Waals surface area contributed by atoms with Gasteiger partial charge in [-0.3, -0.25) is 9.48 Å². The fourth-order valence-electron chi connectivity index (χ4n) is 4.72. The molecule has 0 spiro atoms. The summed E-state index contributed by atoms with van der Waals surface area (Å²) in [7, 11) is 3.99. The minimum atomic E-state index is -0.0596. The van der Waals surface area contributed by atoms with Gasteiger partial charge in [-0.15, -0.1) is 0 Å². The molecule has 0 aliphatic carbocycles. The first-order valence-electron chi connectivity index (χ1n) is 9.08. The third-order valence-electron chi connectivity index (χ3n) is 6.26. The molecule has 6 heteroatoms. The van der Waals surface area contributed by atoms with E-state index in [2.05, 4.69) is 17.0 Å². The quantitative estimate of drug-likeness (QED) is 0.898. The second-order valence-electron chi connectivity index (χ2n) is 7.61. The minimum Gasteiger partial charge on any atom is -0.396 e. The van der Waals surface area contributed by atoms with Crippen molar-refractivity contribution in [3.05, 3.63) is 30.0 Å². The molecule has 2 saturated heterocycles. The van der Waals surface area contributed by atoms with Gasteiger partial charge in [0.25, 0.3) is 5.91 Å². The van der Waals surface area contributed by atoms with Crippen LogP contribution < -0.4 is 0 Å². The average Bonchev–Trinajstić information content (AvgIpc) is 2.98. The van der Waals surface area contributed by atoms with Gasteiger partial charge < -0.3 is 14.9 Å². The lowest BCUT2D eigenvalue weighted by Gasteiger charge is -2.53. The van der Waals surface area contributed by atoms with Crippen molar-refractivity contribution in [1.29, 1.82) is 0 Å². The van der Waals surface area contributed by atoms with E-state index in [4.69, 9.17) is 0 Å². The van der Waals surface area contributed by atoms with E-state index in [1.807, 2.05) is 36.2 Å². The number of amides is 1. The molecule has 0 saturated carbocycles. The van der Waals surface area contributed by atoms with Crippen LogP contribution in [0.4, 0.5) is 0 Å². The molecule has 6 nitrogen and oxygen atoms in total. The topological polar surface area (TPSA) is 61.6 Å². The fourth-order valence-corrected chi connectivity index (χ4v) is 4.72. The number of piperidine rings is 2. The van der Waals surface area contributed by atoms with Crippen molar-refractivity contribution in [3.63, 3.8) is 0 Å². The summed E-state index contributed by atoms with van der Waals surface area (Å²) in [6.07, 6.45) is 3.02. The number of aliphatic hydroxyl groups excluding tert-OH is 1. The number of benzene rings is 1. The molecule has 0 radical (unpaired) electrons. The van der Waals surface area contributed by atoms with Gasteiger partial charge in [-0.1, -0.05) is 18.2 Å². The van der Waals surface area contributed by atoms with Crippen molar-refractivity contribution in [3.8, 4) is 0 Å². The molecule has 134 valence electrons. The molecule has 0 unspecified atom stereocenters. The molecule has 4 rings (SSSR count). The Morgan fingerprint density at radius 1 is 1.28 bits per heavy atom. The van der Waals surface area contributed by atoms with Gasteiger partial charge >= 0.3 is 0 Å². The lowest BCUT2D eigenvalue weighted by molar-refractivity contribution is -0.0602. The van der Waals surface area contributed by atoms with Crippen molar-refractivity contribution in [2.75, 3.05) is 33.3 Å². The van der Waals surface area contributed by atoms with Crippen molar-refractivity contribution in [1.82, 2.24) is 19.6 Å². The second-order valence-corrected chi connectivity index (χ2v) is 7.61. The summed E-state index contributed by atoms with van der Waals surface area (Å²) in [6, 6.07) is 8.08. The maximum absolute atomic E-state index is 13.2. The van der Waals surface area contributed by atoms with Crippen LogP contribution in [-0.4, -0.2) is 69.9 Å². The van der Waals surface area contributed by atoms with Crippen LogP contribution in [0.5, 0.6) is 0 Å². The second kappa shape index (κ2) is 6.11. The van der Waals surface area contributed by atoms with Crippen molar-refractivity contribution in [2.45, 2.75) is 25.3 Å². The highest BCUT2D eigenvalue weighted by Gasteiger charge is 2.47. The number of hydrogen-bond acceptors (Lipinski definition) is 4. The van der Waals surface area contributed by atoms with E-state index in [1.165, 1.54) is 0 Å². The van der Waals surface area contributed by atoms with E-state index >= 15 is 0 Å².